The zero-order valence-corrected chi connectivity index (χ0v) is 14.4. The Labute approximate surface area is 132 Å². The van der Waals surface area contributed by atoms with Crippen LogP contribution in [-0.2, 0) is 9.59 Å². The highest BCUT2D eigenvalue weighted by atomic mass is 32.2. The van der Waals surface area contributed by atoms with Crippen LogP contribution in [0.5, 0.6) is 0 Å². The van der Waals surface area contributed by atoms with E-state index in [-0.39, 0.29) is 11.8 Å². The van der Waals surface area contributed by atoms with Crippen LogP contribution in [-0.4, -0.2) is 45.8 Å². The van der Waals surface area contributed by atoms with Crippen LogP contribution in [0.1, 0.15) is 59.3 Å². The maximum Gasteiger partial charge on any atom is 0.249 e. The first-order valence-corrected chi connectivity index (χ1v) is 9.32. The molecule has 1 saturated heterocycles. The van der Waals surface area contributed by atoms with Gasteiger partial charge < -0.3 is 10.2 Å². The molecule has 0 radical (unpaired) electrons. The summed E-state index contributed by atoms with van der Waals surface area (Å²) in [5, 5.41) is 3.07. The molecule has 2 fully saturated rings. The lowest BCUT2D eigenvalue weighted by Crippen LogP contribution is -2.74. The van der Waals surface area contributed by atoms with Crippen LogP contribution in [0.3, 0.4) is 0 Å². The van der Waals surface area contributed by atoms with Gasteiger partial charge in [-0.25, -0.2) is 0 Å². The van der Waals surface area contributed by atoms with E-state index in [1.165, 1.54) is 6.42 Å². The third kappa shape index (κ3) is 3.22. The van der Waals surface area contributed by atoms with Gasteiger partial charge in [0.25, 0.3) is 0 Å². The summed E-state index contributed by atoms with van der Waals surface area (Å²) in [5.74, 6) is 2.30. The molecule has 2 rings (SSSR count). The molecule has 21 heavy (non-hydrogen) atoms. The van der Waals surface area contributed by atoms with E-state index in [4.69, 9.17) is 0 Å². The number of carbonyl (C=O) groups excluding carboxylic acids is 2. The molecule has 5 heteroatoms. The Kier molecular flexibility index (Phi) is 5.23. The number of nitrogens with zero attached hydrogens (tertiary/aromatic N) is 1. The standard InChI is InChI=1S/C16H28N2O2S/c1-4-21-12-8-11-18-14(20)16(9-6-5-7-10-16)17-13(19)15(18,2)3/h4-12H2,1-3H3,(H,17,19). The molecular weight excluding hydrogens is 284 g/mol. The van der Waals surface area contributed by atoms with Gasteiger partial charge in [-0.05, 0) is 44.6 Å². The number of piperazine rings is 1. The monoisotopic (exact) mass is 312 g/mol. The van der Waals surface area contributed by atoms with Crippen molar-refractivity contribution < 1.29 is 9.59 Å². The van der Waals surface area contributed by atoms with Gasteiger partial charge in [0.2, 0.25) is 11.8 Å². The average Bonchev–Trinajstić information content (AvgIpc) is 2.46. The molecule has 0 aromatic heterocycles. The number of amides is 2. The molecule has 1 N–H and O–H groups in total. The summed E-state index contributed by atoms with van der Waals surface area (Å²) in [6.07, 6.45) is 5.79. The van der Waals surface area contributed by atoms with E-state index in [9.17, 15) is 9.59 Å². The Morgan fingerprint density at radius 3 is 2.48 bits per heavy atom. The highest BCUT2D eigenvalue weighted by molar-refractivity contribution is 7.99. The van der Waals surface area contributed by atoms with Gasteiger partial charge in [0.05, 0.1) is 0 Å². The molecule has 120 valence electrons. The Morgan fingerprint density at radius 1 is 1.19 bits per heavy atom. The van der Waals surface area contributed by atoms with E-state index in [1.54, 1.807) is 0 Å². The minimum absolute atomic E-state index is 0.00662. The smallest absolute Gasteiger partial charge is 0.249 e. The zero-order chi connectivity index (χ0) is 15.5. The van der Waals surface area contributed by atoms with Gasteiger partial charge in [0.1, 0.15) is 11.1 Å². The first kappa shape index (κ1) is 16.7. The fourth-order valence-corrected chi connectivity index (χ4v) is 4.02. The summed E-state index contributed by atoms with van der Waals surface area (Å²) in [6.45, 7) is 6.56. The van der Waals surface area contributed by atoms with E-state index in [1.807, 2.05) is 30.5 Å². The van der Waals surface area contributed by atoms with Crippen LogP contribution in [0, 0.1) is 0 Å². The van der Waals surface area contributed by atoms with Gasteiger partial charge in [-0.1, -0.05) is 26.2 Å². The lowest BCUT2D eigenvalue weighted by atomic mass is 9.76. The summed E-state index contributed by atoms with van der Waals surface area (Å²) in [6, 6.07) is 0. The number of carbonyl (C=O) groups is 2. The van der Waals surface area contributed by atoms with Crippen LogP contribution >= 0.6 is 11.8 Å². The molecule has 1 aliphatic heterocycles. The normalized spacial score (nSPS) is 24.2. The second-order valence-electron chi connectivity index (χ2n) is 6.66. The van der Waals surface area contributed by atoms with Gasteiger partial charge in [-0.15, -0.1) is 0 Å². The van der Waals surface area contributed by atoms with Gasteiger partial charge >= 0.3 is 0 Å². The molecule has 1 saturated carbocycles. The van der Waals surface area contributed by atoms with E-state index < -0.39 is 11.1 Å². The van der Waals surface area contributed by atoms with Crippen LogP contribution < -0.4 is 5.32 Å². The summed E-state index contributed by atoms with van der Waals surface area (Å²) in [4.78, 5) is 27.4. The molecule has 2 aliphatic rings. The van der Waals surface area contributed by atoms with Crippen molar-refractivity contribution in [2.75, 3.05) is 18.1 Å². The lowest BCUT2D eigenvalue weighted by Gasteiger charge is -2.51. The van der Waals surface area contributed by atoms with Crippen molar-refractivity contribution in [2.24, 2.45) is 0 Å². The van der Waals surface area contributed by atoms with Gasteiger partial charge in [0.15, 0.2) is 0 Å². The van der Waals surface area contributed by atoms with Crippen molar-refractivity contribution in [1.82, 2.24) is 10.2 Å². The molecule has 0 aromatic carbocycles. The summed E-state index contributed by atoms with van der Waals surface area (Å²) < 4.78 is 0. The van der Waals surface area contributed by atoms with Gasteiger partial charge in [-0.2, -0.15) is 11.8 Å². The predicted molar refractivity (Wildman–Crippen MR) is 87.4 cm³/mol. The first-order chi connectivity index (χ1) is 9.94. The van der Waals surface area contributed by atoms with Crippen molar-refractivity contribution in [1.29, 1.82) is 0 Å². The van der Waals surface area contributed by atoms with Crippen molar-refractivity contribution in [3.8, 4) is 0 Å². The molecule has 1 heterocycles. The number of thioether (sulfide) groups is 1. The highest BCUT2D eigenvalue weighted by Crippen LogP contribution is 2.36. The SMILES string of the molecule is CCSCCCN1C(=O)C2(CCCCC2)NC(=O)C1(C)C. The van der Waals surface area contributed by atoms with E-state index in [2.05, 4.69) is 12.2 Å². The van der Waals surface area contributed by atoms with Crippen molar-refractivity contribution >= 4 is 23.6 Å². The van der Waals surface area contributed by atoms with E-state index in [0.29, 0.717) is 6.54 Å². The third-order valence-corrected chi connectivity index (χ3v) is 5.81. The summed E-state index contributed by atoms with van der Waals surface area (Å²) >= 11 is 1.89. The van der Waals surface area contributed by atoms with Gasteiger partial charge in [0, 0.05) is 6.54 Å². The molecule has 1 spiro atoms. The highest BCUT2D eigenvalue weighted by Gasteiger charge is 2.54. The second-order valence-corrected chi connectivity index (χ2v) is 8.06. The van der Waals surface area contributed by atoms with Crippen molar-refractivity contribution in [3.63, 3.8) is 0 Å². The Morgan fingerprint density at radius 2 is 1.86 bits per heavy atom. The number of rotatable bonds is 5. The summed E-state index contributed by atoms with van der Waals surface area (Å²) in [7, 11) is 0. The second kappa shape index (κ2) is 6.59. The fourth-order valence-electron chi connectivity index (χ4n) is 3.40. The number of hydrogen-bond donors (Lipinski definition) is 1. The number of hydrogen-bond acceptors (Lipinski definition) is 3. The van der Waals surface area contributed by atoms with Crippen LogP contribution in [0.25, 0.3) is 0 Å². The number of nitrogens with one attached hydrogen (secondary N) is 1. The molecule has 0 atom stereocenters. The van der Waals surface area contributed by atoms with Crippen molar-refractivity contribution in [2.45, 2.75) is 70.4 Å². The maximum atomic E-state index is 13.0. The molecule has 1 aliphatic carbocycles. The minimum Gasteiger partial charge on any atom is -0.340 e. The van der Waals surface area contributed by atoms with Gasteiger partial charge in [-0.3, -0.25) is 9.59 Å². The van der Waals surface area contributed by atoms with Crippen molar-refractivity contribution in [3.05, 3.63) is 0 Å². The largest absolute Gasteiger partial charge is 0.340 e. The maximum absolute atomic E-state index is 13.0. The molecule has 2 amide bonds. The molecule has 0 bridgehead atoms. The quantitative estimate of drug-likeness (QED) is 0.794. The Bertz CT molecular complexity index is 403. The predicted octanol–water partition coefficient (Wildman–Crippen LogP) is 2.57. The van der Waals surface area contributed by atoms with Crippen LogP contribution in [0.15, 0.2) is 0 Å². The molecule has 4 nitrogen and oxygen atoms in total. The lowest BCUT2D eigenvalue weighted by molar-refractivity contribution is -0.162. The zero-order valence-electron chi connectivity index (χ0n) is 13.5. The topological polar surface area (TPSA) is 49.4 Å². The molecule has 0 aromatic rings. The Balaban J connectivity index is 2.13. The average molecular weight is 312 g/mol. The molecular formula is C16H28N2O2S. The molecule has 0 unspecified atom stereocenters. The Hall–Kier alpha value is -0.710. The van der Waals surface area contributed by atoms with E-state index >= 15 is 0 Å². The minimum atomic E-state index is -0.726. The van der Waals surface area contributed by atoms with Crippen LogP contribution in [0.4, 0.5) is 0 Å². The third-order valence-electron chi connectivity index (χ3n) is 4.82. The fraction of sp³-hybridized carbons (Fsp3) is 0.875. The first-order valence-electron chi connectivity index (χ1n) is 8.16. The summed E-state index contributed by atoms with van der Waals surface area (Å²) in [5.41, 5.74) is -1.33. The van der Waals surface area contributed by atoms with Crippen LogP contribution in [0.2, 0.25) is 0 Å². The van der Waals surface area contributed by atoms with E-state index in [0.717, 1.165) is 43.6 Å².